The van der Waals surface area contributed by atoms with Gasteiger partial charge in [0.1, 0.15) is 5.82 Å². The summed E-state index contributed by atoms with van der Waals surface area (Å²) in [6, 6.07) is 3.33. The molecule has 0 aliphatic heterocycles. The average molecular weight is 248 g/mol. The minimum atomic E-state index is -0.219. The second-order valence-corrected chi connectivity index (χ2v) is 4.42. The van der Waals surface area contributed by atoms with Crippen LogP contribution < -0.4 is 11.1 Å². The Balaban J connectivity index is 2.04. The summed E-state index contributed by atoms with van der Waals surface area (Å²) < 4.78 is 0. The number of rotatable bonds is 3. The quantitative estimate of drug-likeness (QED) is 0.859. The number of nitrogens with zero attached hydrogens (tertiary/aromatic N) is 2. The smallest absolute Gasteiger partial charge is 0.255 e. The van der Waals surface area contributed by atoms with Gasteiger partial charge in [0.2, 0.25) is 0 Å². The Morgan fingerprint density at radius 3 is 3.00 bits per heavy atom. The number of nitrogen functional groups attached to an aromatic ring is 1. The van der Waals surface area contributed by atoms with E-state index in [1.807, 2.05) is 6.92 Å². The van der Waals surface area contributed by atoms with Crippen LogP contribution in [0, 0.1) is 6.92 Å². The summed E-state index contributed by atoms with van der Waals surface area (Å²) in [6.07, 6.45) is 1.56. The first kappa shape index (κ1) is 11.5. The van der Waals surface area contributed by atoms with Crippen molar-refractivity contribution in [1.82, 2.24) is 15.3 Å². The van der Waals surface area contributed by atoms with Crippen LogP contribution in [0.15, 0.2) is 23.8 Å². The fourth-order valence-corrected chi connectivity index (χ4v) is 2.08. The molecule has 1 amide bonds. The minimum absolute atomic E-state index is 0.219. The third-order valence-electron chi connectivity index (χ3n) is 2.34. The summed E-state index contributed by atoms with van der Waals surface area (Å²) in [5.74, 6) is 0.0226. The van der Waals surface area contributed by atoms with E-state index >= 15 is 0 Å². The van der Waals surface area contributed by atoms with Gasteiger partial charge in [-0.25, -0.2) is 9.97 Å². The Labute approximate surface area is 103 Å². The number of amides is 1. The van der Waals surface area contributed by atoms with Crippen molar-refractivity contribution in [2.75, 3.05) is 5.73 Å². The topological polar surface area (TPSA) is 80.9 Å². The van der Waals surface area contributed by atoms with Crippen LogP contribution in [0.4, 0.5) is 5.82 Å². The molecule has 5 nitrogen and oxygen atoms in total. The van der Waals surface area contributed by atoms with E-state index in [4.69, 9.17) is 5.73 Å². The fourth-order valence-electron chi connectivity index (χ4n) is 1.36. The summed E-state index contributed by atoms with van der Waals surface area (Å²) in [5, 5.41) is 2.79. The van der Waals surface area contributed by atoms with Crippen LogP contribution in [0.1, 0.15) is 20.9 Å². The maximum absolute atomic E-state index is 11.8. The zero-order valence-corrected chi connectivity index (χ0v) is 10.1. The highest BCUT2D eigenvalue weighted by atomic mass is 32.1. The van der Waals surface area contributed by atoms with Crippen molar-refractivity contribution in [1.29, 1.82) is 0 Å². The molecular weight excluding hydrogens is 236 g/mol. The minimum Gasteiger partial charge on any atom is -0.383 e. The molecule has 0 aromatic carbocycles. The number of anilines is 1. The first-order valence-corrected chi connectivity index (χ1v) is 5.94. The van der Waals surface area contributed by atoms with Gasteiger partial charge in [-0.15, -0.1) is 11.3 Å². The first-order valence-electron chi connectivity index (χ1n) is 5.06. The SMILES string of the molecule is Cc1ncsc1CNC(=O)c1cccnc1N. The van der Waals surface area contributed by atoms with Crippen molar-refractivity contribution in [3.63, 3.8) is 0 Å². The molecule has 2 aromatic heterocycles. The predicted molar refractivity (Wildman–Crippen MR) is 66.7 cm³/mol. The van der Waals surface area contributed by atoms with Crippen molar-refractivity contribution >= 4 is 23.1 Å². The molecule has 2 aromatic rings. The molecule has 3 N–H and O–H groups in total. The Hall–Kier alpha value is -1.95. The lowest BCUT2D eigenvalue weighted by molar-refractivity contribution is 0.0952. The van der Waals surface area contributed by atoms with Crippen LogP contribution in [0.2, 0.25) is 0 Å². The molecule has 6 heteroatoms. The summed E-state index contributed by atoms with van der Waals surface area (Å²) >= 11 is 1.52. The van der Waals surface area contributed by atoms with Gasteiger partial charge in [-0.1, -0.05) is 0 Å². The molecule has 0 radical (unpaired) electrons. The Morgan fingerprint density at radius 2 is 2.35 bits per heavy atom. The number of aromatic nitrogens is 2. The Bertz CT molecular complexity index is 538. The zero-order valence-electron chi connectivity index (χ0n) is 9.30. The third-order valence-corrected chi connectivity index (χ3v) is 3.27. The number of thiazole rings is 1. The molecule has 17 heavy (non-hydrogen) atoms. The molecule has 2 rings (SSSR count). The van der Waals surface area contributed by atoms with Gasteiger partial charge in [-0.3, -0.25) is 4.79 Å². The number of hydrogen-bond acceptors (Lipinski definition) is 5. The molecule has 0 spiro atoms. The van der Waals surface area contributed by atoms with Crippen molar-refractivity contribution < 1.29 is 4.79 Å². The first-order chi connectivity index (χ1) is 8.18. The van der Waals surface area contributed by atoms with Crippen LogP contribution >= 0.6 is 11.3 Å². The summed E-state index contributed by atoms with van der Waals surface area (Å²) in [5.41, 5.74) is 8.71. The highest BCUT2D eigenvalue weighted by molar-refractivity contribution is 7.09. The van der Waals surface area contributed by atoms with Gasteiger partial charge in [0.25, 0.3) is 5.91 Å². The van der Waals surface area contributed by atoms with Crippen LogP contribution in [-0.4, -0.2) is 15.9 Å². The maximum atomic E-state index is 11.8. The molecule has 0 bridgehead atoms. The number of pyridine rings is 1. The zero-order chi connectivity index (χ0) is 12.3. The second-order valence-electron chi connectivity index (χ2n) is 3.48. The highest BCUT2D eigenvalue weighted by Crippen LogP contribution is 2.12. The maximum Gasteiger partial charge on any atom is 0.255 e. The van der Waals surface area contributed by atoms with E-state index in [0.29, 0.717) is 12.1 Å². The summed E-state index contributed by atoms with van der Waals surface area (Å²) in [4.78, 5) is 20.9. The van der Waals surface area contributed by atoms with Gasteiger partial charge in [0.15, 0.2) is 0 Å². The number of aryl methyl sites for hydroxylation is 1. The van der Waals surface area contributed by atoms with E-state index in [0.717, 1.165) is 10.6 Å². The van der Waals surface area contributed by atoms with Gasteiger partial charge in [-0.05, 0) is 19.1 Å². The highest BCUT2D eigenvalue weighted by Gasteiger charge is 2.10. The average Bonchev–Trinajstić information content (AvgIpc) is 2.72. The van der Waals surface area contributed by atoms with Gasteiger partial charge in [0.05, 0.1) is 23.3 Å². The Morgan fingerprint density at radius 1 is 1.53 bits per heavy atom. The lowest BCUT2D eigenvalue weighted by atomic mass is 10.2. The number of hydrogen-bond donors (Lipinski definition) is 2. The van der Waals surface area contributed by atoms with E-state index in [2.05, 4.69) is 15.3 Å². The number of nitrogens with two attached hydrogens (primary N) is 1. The molecule has 0 saturated carbocycles. The summed E-state index contributed by atoms with van der Waals surface area (Å²) in [7, 11) is 0. The molecule has 2 heterocycles. The van der Waals surface area contributed by atoms with Crippen molar-refractivity contribution in [3.05, 3.63) is 40.0 Å². The lowest BCUT2D eigenvalue weighted by Gasteiger charge is -2.05. The molecule has 0 saturated heterocycles. The van der Waals surface area contributed by atoms with E-state index in [1.54, 1.807) is 23.8 Å². The second kappa shape index (κ2) is 4.92. The molecule has 0 fully saturated rings. The number of nitrogens with one attached hydrogen (secondary N) is 1. The van der Waals surface area contributed by atoms with Crippen LogP contribution in [0.25, 0.3) is 0 Å². The molecule has 0 aliphatic rings. The van der Waals surface area contributed by atoms with Crippen LogP contribution in [-0.2, 0) is 6.54 Å². The predicted octanol–water partition coefficient (Wildman–Crippen LogP) is 1.36. The molecule has 0 aliphatic carbocycles. The van der Waals surface area contributed by atoms with Crippen molar-refractivity contribution in [3.8, 4) is 0 Å². The number of carbonyl (C=O) groups is 1. The van der Waals surface area contributed by atoms with E-state index in [-0.39, 0.29) is 11.7 Å². The van der Waals surface area contributed by atoms with Crippen LogP contribution in [0.3, 0.4) is 0 Å². The van der Waals surface area contributed by atoms with Gasteiger partial charge < -0.3 is 11.1 Å². The monoisotopic (exact) mass is 248 g/mol. The Kier molecular flexibility index (Phi) is 3.34. The van der Waals surface area contributed by atoms with Gasteiger partial charge >= 0.3 is 0 Å². The summed E-state index contributed by atoms with van der Waals surface area (Å²) in [6.45, 7) is 2.38. The normalized spacial score (nSPS) is 10.2. The standard InChI is InChI=1S/C11H12N4OS/c1-7-9(17-6-15-7)5-14-11(16)8-3-2-4-13-10(8)12/h2-4,6H,5H2,1H3,(H2,12,13)(H,14,16). The van der Waals surface area contributed by atoms with Gasteiger partial charge in [0, 0.05) is 11.1 Å². The van der Waals surface area contributed by atoms with Crippen LogP contribution in [0.5, 0.6) is 0 Å². The molecular formula is C11H12N4OS. The van der Waals surface area contributed by atoms with Crippen molar-refractivity contribution in [2.24, 2.45) is 0 Å². The van der Waals surface area contributed by atoms with E-state index in [1.165, 1.54) is 11.3 Å². The third kappa shape index (κ3) is 2.59. The fraction of sp³-hybridized carbons (Fsp3) is 0.182. The van der Waals surface area contributed by atoms with E-state index in [9.17, 15) is 4.79 Å². The van der Waals surface area contributed by atoms with Crippen molar-refractivity contribution in [2.45, 2.75) is 13.5 Å². The molecule has 0 atom stereocenters. The largest absolute Gasteiger partial charge is 0.383 e. The van der Waals surface area contributed by atoms with Gasteiger partial charge in [-0.2, -0.15) is 0 Å². The lowest BCUT2D eigenvalue weighted by Crippen LogP contribution is -2.24. The molecule has 88 valence electrons. The molecule has 0 unspecified atom stereocenters. The van der Waals surface area contributed by atoms with E-state index < -0.39 is 0 Å². The number of carbonyl (C=O) groups excluding carboxylic acids is 1.